The number of hydrogen-bond acceptors (Lipinski definition) is 2. The molecule has 2 rings (SSSR count). The van der Waals surface area contributed by atoms with E-state index in [1.807, 2.05) is 0 Å². The highest BCUT2D eigenvalue weighted by Gasteiger charge is 2.16. The topological polar surface area (TPSA) is 6.48 Å². The van der Waals surface area contributed by atoms with Crippen LogP contribution in [-0.2, 0) is 0 Å². The standard InChI is InChI=1S/C9H19N.C7H15N/c1-8(2)10-6-4-9(3)5-7-10;1-7(2)8-5-3-4-6-8/h8-9H,4-7H2,1-3H3;7H,3-6H2,1-2H3. The zero-order valence-corrected chi connectivity index (χ0v) is 13.3. The molecule has 0 unspecified atom stereocenters. The largest absolute Gasteiger partial charge is 0.301 e. The Morgan fingerprint density at radius 1 is 0.722 bits per heavy atom. The molecule has 0 aromatic carbocycles. The number of likely N-dealkylation sites (tertiary alicyclic amines) is 2. The fourth-order valence-electron chi connectivity index (χ4n) is 2.80. The van der Waals surface area contributed by atoms with Crippen LogP contribution in [0.2, 0.25) is 0 Å². The third kappa shape index (κ3) is 5.71. The molecule has 0 atom stereocenters. The lowest BCUT2D eigenvalue weighted by atomic mass is 9.98. The molecule has 0 bridgehead atoms. The van der Waals surface area contributed by atoms with Gasteiger partial charge in [0.2, 0.25) is 0 Å². The van der Waals surface area contributed by atoms with Crippen LogP contribution in [0.15, 0.2) is 0 Å². The first-order chi connectivity index (χ1) is 8.50. The number of nitrogens with zero attached hydrogens (tertiary/aromatic N) is 2. The Balaban J connectivity index is 0.000000184. The highest BCUT2D eigenvalue weighted by Crippen LogP contribution is 2.17. The van der Waals surface area contributed by atoms with E-state index < -0.39 is 0 Å². The first-order valence-electron chi connectivity index (χ1n) is 7.98. The van der Waals surface area contributed by atoms with Crippen LogP contribution < -0.4 is 0 Å². The second kappa shape index (κ2) is 8.16. The van der Waals surface area contributed by atoms with Crippen molar-refractivity contribution in [1.82, 2.24) is 9.80 Å². The van der Waals surface area contributed by atoms with E-state index >= 15 is 0 Å². The lowest BCUT2D eigenvalue weighted by Crippen LogP contribution is -2.37. The van der Waals surface area contributed by atoms with Gasteiger partial charge in [0.05, 0.1) is 0 Å². The molecule has 2 aliphatic heterocycles. The van der Waals surface area contributed by atoms with Crippen molar-refractivity contribution in [2.45, 2.75) is 72.4 Å². The summed E-state index contributed by atoms with van der Waals surface area (Å²) >= 11 is 0. The summed E-state index contributed by atoms with van der Waals surface area (Å²) in [7, 11) is 0. The molecule has 0 radical (unpaired) electrons. The van der Waals surface area contributed by atoms with Crippen LogP contribution in [0.3, 0.4) is 0 Å². The van der Waals surface area contributed by atoms with Crippen LogP contribution in [0.25, 0.3) is 0 Å². The van der Waals surface area contributed by atoms with Crippen molar-refractivity contribution in [3.8, 4) is 0 Å². The Hall–Kier alpha value is -0.0800. The fourth-order valence-corrected chi connectivity index (χ4v) is 2.80. The highest BCUT2D eigenvalue weighted by atomic mass is 15.2. The smallest absolute Gasteiger partial charge is 0.00385 e. The molecule has 2 heterocycles. The first kappa shape index (κ1) is 16.0. The van der Waals surface area contributed by atoms with Gasteiger partial charge in [-0.05, 0) is 85.5 Å². The van der Waals surface area contributed by atoms with Gasteiger partial charge in [-0.3, -0.25) is 0 Å². The normalized spacial score (nSPS) is 23.5. The fraction of sp³-hybridized carbons (Fsp3) is 1.00. The minimum Gasteiger partial charge on any atom is -0.301 e. The molecule has 0 saturated carbocycles. The van der Waals surface area contributed by atoms with Gasteiger partial charge in [-0.1, -0.05) is 6.92 Å². The van der Waals surface area contributed by atoms with Gasteiger partial charge in [-0.2, -0.15) is 0 Å². The van der Waals surface area contributed by atoms with Crippen LogP contribution in [0.1, 0.15) is 60.3 Å². The Labute approximate surface area is 115 Å². The van der Waals surface area contributed by atoms with E-state index in [0.717, 1.165) is 18.0 Å². The Morgan fingerprint density at radius 2 is 1.11 bits per heavy atom. The van der Waals surface area contributed by atoms with Crippen molar-refractivity contribution in [2.24, 2.45) is 5.92 Å². The van der Waals surface area contributed by atoms with E-state index in [4.69, 9.17) is 0 Å². The van der Waals surface area contributed by atoms with Gasteiger partial charge >= 0.3 is 0 Å². The Kier molecular flexibility index (Phi) is 7.25. The molecule has 0 aliphatic carbocycles. The zero-order chi connectivity index (χ0) is 13.5. The summed E-state index contributed by atoms with van der Waals surface area (Å²) in [5.74, 6) is 0.968. The maximum atomic E-state index is 2.57. The van der Waals surface area contributed by atoms with Crippen LogP contribution in [-0.4, -0.2) is 48.1 Å². The van der Waals surface area contributed by atoms with Crippen LogP contribution in [0, 0.1) is 5.92 Å². The first-order valence-corrected chi connectivity index (χ1v) is 7.98. The number of rotatable bonds is 2. The van der Waals surface area contributed by atoms with Gasteiger partial charge in [-0.15, -0.1) is 0 Å². The summed E-state index contributed by atoms with van der Waals surface area (Å²) in [6.07, 6.45) is 5.63. The van der Waals surface area contributed by atoms with Crippen molar-refractivity contribution in [1.29, 1.82) is 0 Å². The predicted molar refractivity (Wildman–Crippen MR) is 81.1 cm³/mol. The van der Waals surface area contributed by atoms with Crippen molar-refractivity contribution in [3.05, 3.63) is 0 Å². The second-order valence-electron chi connectivity index (χ2n) is 6.65. The molecule has 0 aromatic rings. The van der Waals surface area contributed by atoms with E-state index in [-0.39, 0.29) is 0 Å². The van der Waals surface area contributed by atoms with Crippen molar-refractivity contribution < 1.29 is 0 Å². The molecule has 18 heavy (non-hydrogen) atoms. The molecular formula is C16H34N2. The summed E-state index contributed by atoms with van der Waals surface area (Å²) in [6.45, 7) is 16.8. The molecule has 2 nitrogen and oxygen atoms in total. The van der Waals surface area contributed by atoms with Crippen molar-refractivity contribution in [3.63, 3.8) is 0 Å². The molecule has 0 aromatic heterocycles. The molecule has 2 saturated heterocycles. The van der Waals surface area contributed by atoms with Gasteiger partial charge in [0.25, 0.3) is 0 Å². The van der Waals surface area contributed by atoms with E-state index in [0.29, 0.717) is 0 Å². The molecular weight excluding hydrogens is 220 g/mol. The summed E-state index contributed by atoms with van der Waals surface area (Å²) in [6, 6.07) is 1.53. The van der Waals surface area contributed by atoms with E-state index in [1.165, 1.54) is 51.9 Å². The van der Waals surface area contributed by atoms with Gasteiger partial charge in [0.1, 0.15) is 0 Å². The summed E-state index contributed by atoms with van der Waals surface area (Å²) < 4.78 is 0. The average molecular weight is 254 g/mol. The zero-order valence-electron chi connectivity index (χ0n) is 13.3. The molecule has 2 heteroatoms. The predicted octanol–water partition coefficient (Wildman–Crippen LogP) is 3.62. The lowest BCUT2D eigenvalue weighted by Gasteiger charge is -2.33. The Bertz CT molecular complexity index is 199. The maximum Gasteiger partial charge on any atom is 0.00385 e. The van der Waals surface area contributed by atoms with E-state index in [2.05, 4.69) is 44.4 Å². The molecule has 0 amide bonds. The SMILES string of the molecule is CC(C)N1CCCC1.CC1CCN(C(C)C)CC1. The summed E-state index contributed by atoms with van der Waals surface area (Å²) in [5.41, 5.74) is 0. The monoisotopic (exact) mass is 254 g/mol. The van der Waals surface area contributed by atoms with Crippen LogP contribution in [0.4, 0.5) is 0 Å². The van der Waals surface area contributed by atoms with Crippen LogP contribution >= 0.6 is 0 Å². The van der Waals surface area contributed by atoms with Gasteiger partial charge in [0, 0.05) is 12.1 Å². The van der Waals surface area contributed by atoms with Crippen molar-refractivity contribution >= 4 is 0 Å². The third-order valence-electron chi connectivity index (χ3n) is 4.42. The second-order valence-corrected chi connectivity index (χ2v) is 6.65. The van der Waals surface area contributed by atoms with Gasteiger partial charge in [0.15, 0.2) is 0 Å². The average Bonchev–Trinajstić information content (AvgIpc) is 2.84. The molecule has 2 aliphatic rings. The number of piperidine rings is 1. The highest BCUT2D eigenvalue weighted by molar-refractivity contribution is 4.71. The van der Waals surface area contributed by atoms with E-state index in [1.54, 1.807) is 0 Å². The molecule has 108 valence electrons. The molecule has 0 N–H and O–H groups in total. The molecule has 0 spiro atoms. The van der Waals surface area contributed by atoms with Gasteiger partial charge in [-0.25, -0.2) is 0 Å². The summed E-state index contributed by atoms with van der Waals surface area (Å²) in [5, 5.41) is 0. The quantitative estimate of drug-likeness (QED) is 0.742. The minimum absolute atomic E-state index is 0.757. The Morgan fingerprint density at radius 3 is 1.44 bits per heavy atom. The summed E-state index contributed by atoms with van der Waals surface area (Å²) in [4.78, 5) is 5.10. The maximum absolute atomic E-state index is 2.57. The number of hydrogen-bond donors (Lipinski definition) is 0. The van der Waals surface area contributed by atoms with Gasteiger partial charge < -0.3 is 9.80 Å². The third-order valence-corrected chi connectivity index (χ3v) is 4.42. The van der Waals surface area contributed by atoms with Crippen molar-refractivity contribution in [2.75, 3.05) is 26.2 Å². The minimum atomic E-state index is 0.757. The molecule has 2 fully saturated rings. The van der Waals surface area contributed by atoms with E-state index in [9.17, 15) is 0 Å². The lowest BCUT2D eigenvalue weighted by molar-refractivity contribution is 0.156. The van der Waals surface area contributed by atoms with Crippen LogP contribution in [0.5, 0.6) is 0 Å².